The maximum atomic E-state index is 10.8. The Kier molecular flexibility index (Phi) is 5.55. The minimum atomic E-state index is -0.926. The molecule has 2 N–H and O–H groups in total. The summed E-state index contributed by atoms with van der Waals surface area (Å²) in [5.41, 5.74) is 3.19. The summed E-state index contributed by atoms with van der Waals surface area (Å²) in [7, 11) is 0. The number of hydrogen-bond acceptors (Lipinski definition) is 2. The summed E-state index contributed by atoms with van der Waals surface area (Å²) >= 11 is 12.5. The van der Waals surface area contributed by atoms with E-state index in [1.807, 2.05) is 26.0 Å². The van der Waals surface area contributed by atoms with Crippen LogP contribution in [0.4, 0.5) is 0 Å². The molecule has 0 aliphatic heterocycles. The first kappa shape index (κ1) is 17.6. The van der Waals surface area contributed by atoms with Gasteiger partial charge in [-0.3, -0.25) is 4.79 Å². The molecule has 0 radical (unpaired) electrons. The van der Waals surface area contributed by atoms with E-state index in [1.165, 1.54) is 0 Å². The lowest BCUT2D eigenvalue weighted by molar-refractivity contribution is -0.136. The maximum Gasteiger partial charge on any atom is 0.307 e. The highest BCUT2D eigenvalue weighted by Gasteiger charge is 2.13. The van der Waals surface area contributed by atoms with Gasteiger partial charge < -0.3 is 10.2 Å². The second kappa shape index (κ2) is 7.24. The summed E-state index contributed by atoms with van der Waals surface area (Å²) in [5.74, 6) is -0.443. The molecule has 122 valence electrons. The summed E-state index contributed by atoms with van der Waals surface area (Å²) < 4.78 is 0. The molecule has 0 spiro atoms. The summed E-state index contributed by atoms with van der Waals surface area (Å²) in [6, 6.07) is 8.73. The zero-order valence-corrected chi connectivity index (χ0v) is 14.4. The molecule has 0 saturated heterocycles. The zero-order chi connectivity index (χ0) is 17.1. The van der Waals surface area contributed by atoms with Crippen LogP contribution in [0.15, 0.2) is 30.3 Å². The fourth-order valence-corrected chi connectivity index (χ4v) is 3.15. The molecule has 0 fully saturated rings. The molecular formula is C18H18Cl2O3. The van der Waals surface area contributed by atoms with Gasteiger partial charge in [0.1, 0.15) is 5.75 Å². The van der Waals surface area contributed by atoms with Crippen LogP contribution in [0.1, 0.15) is 42.0 Å². The van der Waals surface area contributed by atoms with E-state index in [1.54, 1.807) is 18.2 Å². The average molecular weight is 353 g/mol. The molecule has 0 saturated carbocycles. The van der Waals surface area contributed by atoms with Crippen LogP contribution in [0.25, 0.3) is 0 Å². The molecule has 0 amide bonds. The highest BCUT2D eigenvalue weighted by atomic mass is 35.5. The van der Waals surface area contributed by atoms with Crippen LogP contribution in [-0.4, -0.2) is 16.2 Å². The lowest BCUT2D eigenvalue weighted by Gasteiger charge is -2.13. The molecule has 5 heteroatoms. The van der Waals surface area contributed by atoms with E-state index < -0.39 is 5.97 Å². The van der Waals surface area contributed by atoms with Crippen LogP contribution >= 0.6 is 23.2 Å². The fraction of sp³-hybridized carbons (Fsp3) is 0.278. The van der Waals surface area contributed by atoms with Gasteiger partial charge in [-0.05, 0) is 46.4 Å². The van der Waals surface area contributed by atoms with Gasteiger partial charge in [0, 0.05) is 16.5 Å². The molecule has 2 aromatic carbocycles. The SMILES string of the molecule is CC(C)c1cc(Cc2c(Cl)cc(CC(=O)O)cc2Cl)ccc1O. The van der Waals surface area contributed by atoms with Crippen LogP contribution in [-0.2, 0) is 17.6 Å². The van der Waals surface area contributed by atoms with Crippen molar-refractivity contribution in [1.82, 2.24) is 0 Å². The highest BCUT2D eigenvalue weighted by Crippen LogP contribution is 2.32. The molecular weight excluding hydrogens is 335 g/mol. The first-order valence-corrected chi connectivity index (χ1v) is 8.04. The van der Waals surface area contributed by atoms with Crippen molar-refractivity contribution < 1.29 is 15.0 Å². The number of phenolic OH excluding ortho intramolecular Hbond substituents is 1. The molecule has 0 bridgehead atoms. The molecule has 0 aromatic heterocycles. The Bertz CT molecular complexity index is 716. The minimum absolute atomic E-state index is 0.115. The molecule has 0 unspecified atom stereocenters. The van der Waals surface area contributed by atoms with Crippen molar-refractivity contribution in [1.29, 1.82) is 0 Å². The topological polar surface area (TPSA) is 57.5 Å². The zero-order valence-electron chi connectivity index (χ0n) is 12.9. The average Bonchev–Trinajstić information content (AvgIpc) is 2.43. The number of aliphatic carboxylic acids is 1. The number of carboxylic acid groups (broad SMARTS) is 1. The van der Waals surface area contributed by atoms with Crippen LogP contribution in [0.5, 0.6) is 5.75 Å². The van der Waals surface area contributed by atoms with Gasteiger partial charge in [-0.15, -0.1) is 0 Å². The summed E-state index contributed by atoms with van der Waals surface area (Å²) in [4.78, 5) is 10.8. The first-order chi connectivity index (χ1) is 10.8. The van der Waals surface area contributed by atoms with Crippen molar-refractivity contribution >= 4 is 29.2 Å². The van der Waals surface area contributed by atoms with E-state index in [-0.39, 0.29) is 18.1 Å². The standard InChI is InChI=1S/C18H18Cl2O3/c1-10(2)13-5-11(3-4-17(13)21)6-14-15(19)7-12(8-16(14)20)9-18(22)23/h3-5,7-8,10,21H,6,9H2,1-2H3,(H,22,23). The van der Waals surface area contributed by atoms with E-state index >= 15 is 0 Å². The number of hydrogen-bond donors (Lipinski definition) is 2. The number of halogens is 2. The van der Waals surface area contributed by atoms with Crippen molar-refractivity contribution in [2.24, 2.45) is 0 Å². The van der Waals surface area contributed by atoms with Crippen molar-refractivity contribution in [3.8, 4) is 5.75 Å². The maximum absolute atomic E-state index is 10.8. The van der Waals surface area contributed by atoms with E-state index in [2.05, 4.69) is 0 Å². The first-order valence-electron chi connectivity index (χ1n) is 7.28. The Labute approximate surface area is 145 Å². The van der Waals surface area contributed by atoms with Crippen molar-refractivity contribution in [3.05, 3.63) is 62.6 Å². The van der Waals surface area contributed by atoms with E-state index in [9.17, 15) is 9.90 Å². The van der Waals surface area contributed by atoms with Gasteiger partial charge in [0.15, 0.2) is 0 Å². The molecule has 0 aliphatic rings. The predicted molar refractivity (Wildman–Crippen MR) is 92.8 cm³/mol. The van der Waals surface area contributed by atoms with Gasteiger partial charge in [0.05, 0.1) is 6.42 Å². The van der Waals surface area contributed by atoms with Crippen LogP contribution in [0.2, 0.25) is 10.0 Å². The monoisotopic (exact) mass is 352 g/mol. The number of carbonyl (C=O) groups is 1. The third-order valence-corrected chi connectivity index (χ3v) is 4.33. The molecule has 2 rings (SSSR count). The highest BCUT2D eigenvalue weighted by molar-refractivity contribution is 6.36. The van der Waals surface area contributed by atoms with E-state index in [0.717, 1.165) is 16.7 Å². The van der Waals surface area contributed by atoms with Crippen LogP contribution in [0.3, 0.4) is 0 Å². The molecule has 3 nitrogen and oxygen atoms in total. The second-order valence-electron chi connectivity index (χ2n) is 5.83. The smallest absolute Gasteiger partial charge is 0.307 e. The van der Waals surface area contributed by atoms with Gasteiger partial charge in [-0.1, -0.05) is 49.2 Å². The van der Waals surface area contributed by atoms with Crippen LogP contribution in [0, 0.1) is 0 Å². The Morgan fingerprint density at radius 2 is 1.70 bits per heavy atom. The van der Waals surface area contributed by atoms with Gasteiger partial charge >= 0.3 is 5.97 Å². The molecule has 2 aromatic rings. The lowest BCUT2D eigenvalue weighted by Crippen LogP contribution is -2.01. The normalized spacial score (nSPS) is 11.0. The number of benzene rings is 2. The third kappa shape index (κ3) is 4.40. The van der Waals surface area contributed by atoms with Gasteiger partial charge in [0.25, 0.3) is 0 Å². The summed E-state index contributed by atoms with van der Waals surface area (Å²) in [5, 5.41) is 19.6. The van der Waals surface area contributed by atoms with Crippen LogP contribution < -0.4 is 0 Å². The molecule has 0 heterocycles. The minimum Gasteiger partial charge on any atom is -0.508 e. The molecule has 0 aliphatic carbocycles. The number of aromatic hydroxyl groups is 1. The Hall–Kier alpha value is -1.71. The Morgan fingerprint density at radius 3 is 2.22 bits per heavy atom. The largest absolute Gasteiger partial charge is 0.508 e. The Balaban J connectivity index is 2.33. The summed E-state index contributed by atoms with van der Waals surface area (Å²) in [6.45, 7) is 4.03. The molecule has 23 heavy (non-hydrogen) atoms. The second-order valence-corrected chi connectivity index (χ2v) is 6.65. The van der Waals surface area contributed by atoms with Gasteiger partial charge in [0.2, 0.25) is 0 Å². The third-order valence-electron chi connectivity index (χ3n) is 3.65. The lowest BCUT2D eigenvalue weighted by atomic mass is 9.96. The fourth-order valence-electron chi connectivity index (χ4n) is 2.48. The Morgan fingerprint density at radius 1 is 1.09 bits per heavy atom. The summed E-state index contributed by atoms with van der Waals surface area (Å²) in [6.07, 6.45) is 0.404. The van der Waals surface area contributed by atoms with Crippen molar-refractivity contribution in [3.63, 3.8) is 0 Å². The van der Waals surface area contributed by atoms with E-state index in [0.29, 0.717) is 22.0 Å². The quantitative estimate of drug-likeness (QED) is 0.792. The van der Waals surface area contributed by atoms with Gasteiger partial charge in [-0.25, -0.2) is 0 Å². The van der Waals surface area contributed by atoms with Crippen molar-refractivity contribution in [2.45, 2.75) is 32.6 Å². The predicted octanol–water partition coefficient (Wildman–Crippen LogP) is 5.04. The van der Waals surface area contributed by atoms with E-state index in [4.69, 9.17) is 28.3 Å². The number of phenols is 1. The number of rotatable bonds is 5. The van der Waals surface area contributed by atoms with Crippen molar-refractivity contribution in [2.75, 3.05) is 0 Å². The van der Waals surface area contributed by atoms with Gasteiger partial charge in [-0.2, -0.15) is 0 Å². The molecule has 0 atom stereocenters. The number of carboxylic acids is 1.